The van der Waals surface area contributed by atoms with E-state index in [1.54, 1.807) is 0 Å². The molecule has 0 saturated carbocycles. The second-order valence-corrected chi connectivity index (χ2v) is 5.08. The molecule has 3 heteroatoms. The van der Waals surface area contributed by atoms with E-state index in [0.29, 0.717) is 5.92 Å². The third kappa shape index (κ3) is 3.05. The first-order valence-electron chi connectivity index (χ1n) is 5.12. The van der Waals surface area contributed by atoms with Gasteiger partial charge >= 0.3 is 6.03 Å². The van der Waals surface area contributed by atoms with Crippen molar-refractivity contribution in [3.8, 4) is 0 Å². The first-order valence-corrected chi connectivity index (χ1v) is 5.12. The van der Waals surface area contributed by atoms with Crippen LogP contribution in [0.4, 0.5) is 4.79 Å². The molecule has 0 aromatic carbocycles. The number of hydrogen-bond donors (Lipinski definition) is 2. The molecule has 1 aliphatic rings. The van der Waals surface area contributed by atoms with E-state index in [1.807, 2.05) is 0 Å². The zero-order valence-electron chi connectivity index (χ0n) is 9.21. The number of rotatable bonds is 1. The van der Waals surface area contributed by atoms with Crippen molar-refractivity contribution in [2.45, 2.75) is 39.7 Å². The highest BCUT2D eigenvalue weighted by atomic mass is 16.2. The maximum Gasteiger partial charge on any atom is 0.312 e. The highest BCUT2D eigenvalue weighted by Gasteiger charge is 2.27. The number of allylic oxidation sites excluding steroid dienone is 1. The van der Waals surface area contributed by atoms with Crippen molar-refractivity contribution in [1.29, 1.82) is 0 Å². The fourth-order valence-electron chi connectivity index (χ4n) is 1.85. The molecule has 3 nitrogen and oxygen atoms in total. The van der Waals surface area contributed by atoms with Crippen molar-refractivity contribution in [2.24, 2.45) is 17.1 Å². The SMILES string of the molecule is CC(C)(C)[C@@H]1C=CCC(NC(N)=O)C1. The van der Waals surface area contributed by atoms with Crippen LogP contribution in [0.2, 0.25) is 0 Å². The first-order chi connectivity index (χ1) is 6.39. The van der Waals surface area contributed by atoms with E-state index in [0.717, 1.165) is 12.8 Å². The summed E-state index contributed by atoms with van der Waals surface area (Å²) in [5.41, 5.74) is 5.36. The molecule has 0 spiro atoms. The quantitative estimate of drug-likeness (QED) is 0.619. The van der Waals surface area contributed by atoms with E-state index in [2.05, 4.69) is 38.2 Å². The van der Waals surface area contributed by atoms with E-state index in [-0.39, 0.29) is 11.5 Å². The number of carbonyl (C=O) groups excluding carboxylic acids is 1. The fourth-order valence-corrected chi connectivity index (χ4v) is 1.85. The van der Waals surface area contributed by atoms with Gasteiger partial charge in [-0.1, -0.05) is 32.9 Å². The van der Waals surface area contributed by atoms with Crippen molar-refractivity contribution < 1.29 is 4.79 Å². The van der Waals surface area contributed by atoms with E-state index < -0.39 is 6.03 Å². The lowest BCUT2D eigenvalue weighted by atomic mass is 9.74. The average molecular weight is 196 g/mol. The molecule has 2 atom stereocenters. The van der Waals surface area contributed by atoms with Gasteiger partial charge in [-0.3, -0.25) is 0 Å². The summed E-state index contributed by atoms with van der Waals surface area (Å²) < 4.78 is 0. The summed E-state index contributed by atoms with van der Waals surface area (Å²) in [6.07, 6.45) is 6.28. The Balaban J connectivity index is 2.56. The number of urea groups is 1. The van der Waals surface area contributed by atoms with Gasteiger partial charge in [-0.05, 0) is 24.2 Å². The predicted octanol–water partition coefficient (Wildman–Crippen LogP) is 2.04. The Kier molecular flexibility index (Phi) is 3.19. The summed E-state index contributed by atoms with van der Waals surface area (Å²) >= 11 is 0. The number of carbonyl (C=O) groups is 1. The van der Waals surface area contributed by atoms with Crippen molar-refractivity contribution >= 4 is 6.03 Å². The Labute approximate surface area is 85.7 Å². The molecule has 0 heterocycles. The summed E-state index contributed by atoms with van der Waals surface area (Å²) in [7, 11) is 0. The van der Waals surface area contributed by atoms with Crippen LogP contribution in [-0.2, 0) is 0 Å². The highest BCUT2D eigenvalue weighted by molar-refractivity contribution is 5.72. The summed E-state index contributed by atoms with van der Waals surface area (Å²) in [6, 6.07) is -0.209. The largest absolute Gasteiger partial charge is 0.352 e. The number of hydrogen-bond acceptors (Lipinski definition) is 1. The zero-order valence-corrected chi connectivity index (χ0v) is 9.21. The van der Waals surface area contributed by atoms with Crippen LogP contribution >= 0.6 is 0 Å². The molecule has 0 bridgehead atoms. The number of nitrogens with one attached hydrogen (secondary N) is 1. The molecule has 0 aromatic heterocycles. The Morgan fingerprint density at radius 2 is 2.14 bits per heavy atom. The van der Waals surface area contributed by atoms with Crippen LogP contribution in [0.3, 0.4) is 0 Å². The molecule has 1 aliphatic carbocycles. The summed E-state index contributed by atoms with van der Waals surface area (Å²) in [6.45, 7) is 6.65. The minimum atomic E-state index is -0.419. The Bertz CT molecular complexity index is 240. The third-order valence-electron chi connectivity index (χ3n) is 2.79. The molecule has 0 radical (unpaired) electrons. The number of amides is 2. The topological polar surface area (TPSA) is 55.1 Å². The van der Waals surface area contributed by atoms with Crippen LogP contribution in [0.1, 0.15) is 33.6 Å². The van der Waals surface area contributed by atoms with Gasteiger partial charge in [-0.15, -0.1) is 0 Å². The fraction of sp³-hybridized carbons (Fsp3) is 0.727. The molecule has 3 N–H and O–H groups in total. The molecule has 0 saturated heterocycles. The molecule has 0 aromatic rings. The molecule has 1 unspecified atom stereocenters. The Morgan fingerprint density at radius 3 is 2.64 bits per heavy atom. The van der Waals surface area contributed by atoms with E-state index >= 15 is 0 Å². The minimum Gasteiger partial charge on any atom is -0.352 e. The normalized spacial score (nSPS) is 27.4. The molecule has 14 heavy (non-hydrogen) atoms. The summed E-state index contributed by atoms with van der Waals surface area (Å²) in [4.78, 5) is 10.7. The van der Waals surface area contributed by atoms with Crippen molar-refractivity contribution in [3.63, 3.8) is 0 Å². The van der Waals surface area contributed by atoms with Crippen molar-refractivity contribution in [1.82, 2.24) is 5.32 Å². The van der Waals surface area contributed by atoms with Gasteiger partial charge < -0.3 is 11.1 Å². The Morgan fingerprint density at radius 1 is 1.50 bits per heavy atom. The predicted molar refractivity (Wildman–Crippen MR) is 57.8 cm³/mol. The van der Waals surface area contributed by atoms with Crippen LogP contribution in [0.5, 0.6) is 0 Å². The molecular weight excluding hydrogens is 176 g/mol. The van der Waals surface area contributed by atoms with E-state index in [4.69, 9.17) is 5.73 Å². The van der Waals surface area contributed by atoms with Gasteiger partial charge in [0.15, 0.2) is 0 Å². The van der Waals surface area contributed by atoms with Crippen LogP contribution in [0.25, 0.3) is 0 Å². The lowest BCUT2D eigenvalue weighted by Crippen LogP contribution is -2.41. The van der Waals surface area contributed by atoms with Crippen LogP contribution in [0.15, 0.2) is 12.2 Å². The lowest BCUT2D eigenvalue weighted by Gasteiger charge is -2.34. The second kappa shape index (κ2) is 4.03. The van der Waals surface area contributed by atoms with Crippen molar-refractivity contribution in [3.05, 3.63) is 12.2 Å². The van der Waals surface area contributed by atoms with Crippen LogP contribution in [0, 0.1) is 11.3 Å². The van der Waals surface area contributed by atoms with Crippen molar-refractivity contribution in [2.75, 3.05) is 0 Å². The maximum absolute atomic E-state index is 10.7. The van der Waals surface area contributed by atoms with E-state index in [1.165, 1.54) is 0 Å². The molecule has 0 aliphatic heterocycles. The van der Waals surface area contributed by atoms with Gasteiger partial charge in [0, 0.05) is 6.04 Å². The van der Waals surface area contributed by atoms with E-state index in [9.17, 15) is 4.79 Å². The molecule has 0 fully saturated rings. The highest BCUT2D eigenvalue weighted by Crippen LogP contribution is 2.33. The molecule has 80 valence electrons. The smallest absolute Gasteiger partial charge is 0.312 e. The monoisotopic (exact) mass is 196 g/mol. The van der Waals surface area contributed by atoms with Crippen LogP contribution < -0.4 is 11.1 Å². The second-order valence-electron chi connectivity index (χ2n) is 5.08. The molecule has 1 rings (SSSR count). The van der Waals surface area contributed by atoms with Gasteiger partial charge in [-0.2, -0.15) is 0 Å². The average Bonchev–Trinajstić information content (AvgIpc) is 2.01. The maximum atomic E-state index is 10.7. The van der Waals surface area contributed by atoms with Crippen LogP contribution in [-0.4, -0.2) is 12.1 Å². The Hall–Kier alpha value is -0.990. The minimum absolute atomic E-state index is 0.210. The van der Waals surface area contributed by atoms with Gasteiger partial charge in [0.1, 0.15) is 0 Å². The summed E-state index contributed by atoms with van der Waals surface area (Å²) in [5, 5.41) is 2.77. The lowest BCUT2D eigenvalue weighted by molar-refractivity contribution is 0.225. The van der Waals surface area contributed by atoms with Gasteiger partial charge in [-0.25, -0.2) is 4.79 Å². The molecule has 2 amide bonds. The van der Waals surface area contributed by atoms with Gasteiger partial charge in [0.2, 0.25) is 0 Å². The summed E-state index contributed by atoms with van der Waals surface area (Å²) in [5.74, 6) is 0.521. The van der Waals surface area contributed by atoms with Gasteiger partial charge in [0.05, 0.1) is 0 Å². The number of nitrogens with two attached hydrogens (primary N) is 1. The first kappa shape index (κ1) is 11.1. The van der Waals surface area contributed by atoms with Gasteiger partial charge in [0.25, 0.3) is 0 Å². The standard InChI is InChI=1S/C11H20N2O/c1-11(2,3)8-5-4-6-9(7-8)13-10(12)14/h4-5,8-9H,6-7H2,1-3H3,(H3,12,13,14)/t8-,9?/m1/s1. The zero-order chi connectivity index (χ0) is 10.8. The number of primary amides is 1. The third-order valence-corrected chi connectivity index (χ3v) is 2.79. The molecular formula is C11H20N2O.